The number of hydrogen-bond donors (Lipinski definition) is 0. The number of ether oxygens (including phenoxy) is 2. The maximum Gasteiger partial charge on any atom is 0.261 e. The molecule has 1 unspecified atom stereocenters. The van der Waals surface area contributed by atoms with Crippen LogP contribution in [-0.4, -0.2) is 26.7 Å². The molecule has 0 N–H and O–H groups in total. The molecule has 0 radical (unpaired) electrons. The van der Waals surface area contributed by atoms with Crippen LogP contribution in [0.15, 0.2) is 18.2 Å². The van der Waals surface area contributed by atoms with Gasteiger partial charge in [-0.15, -0.1) is 11.6 Å². The standard InChI is InChI=1S/C12H14Cl2F2O2/c1-17-8-2-3-9(11(14)6-8)10(13)4-5-18-7-12(15)16/h2-3,6,10,12H,4-5,7H2,1H3. The molecule has 0 aliphatic heterocycles. The van der Waals surface area contributed by atoms with Crippen molar-refractivity contribution in [3.63, 3.8) is 0 Å². The van der Waals surface area contributed by atoms with E-state index in [1.54, 1.807) is 25.3 Å². The highest BCUT2D eigenvalue weighted by Gasteiger charge is 2.13. The molecule has 6 heteroatoms. The highest BCUT2D eigenvalue weighted by atomic mass is 35.5. The number of methoxy groups -OCH3 is 1. The summed E-state index contributed by atoms with van der Waals surface area (Å²) < 4.78 is 33.5. The van der Waals surface area contributed by atoms with Crippen molar-refractivity contribution >= 4 is 23.2 Å². The molecule has 1 aromatic carbocycles. The molecule has 0 saturated carbocycles. The van der Waals surface area contributed by atoms with E-state index in [0.29, 0.717) is 17.2 Å². The van der Waals surface area contributed by atoms with Crippen LogP contribution in [0.4, 0.5) is 8.78 Å². The van der Waals surface area contributed by atoms with Gasteiger partial charge in [-0.2, -0.15) is 0 Å². The molecule has 0 heterocycles. The summed E-state index contributed by atoms with van der Waals surface area (Å²) in [6, 6.07) is 5.16. The molecule has 0 fully saturated rings. The first-order valence-corrected chi connectivity index (χ1v) is 6.19. The molecule has 0 bridgehead atoms. The molecule has 0 spiro atoms. The zero-order valence-electron chi connectivity index (χ0n) is 9.84. The first-order valence-electron chi connectivity index (χ1n) is 5.38. The zero-order valence-corrected chi connectivity index (χ0v) is 11.3. The second-order valence-electron chi connectivity index (χ2n) is 3.61. The summed E-state index contributed by atoms with van der Waals surface area (Å²) in [4.78, 5) is 0. The second-order valence-corrected chi connectivity index (χ2v) is 4.54. The maximum absolute atomic E-state index is 11.8. The third-order valence-corrected chi connectivity index (χ3v) is 3.09. The Labute approximate surface area is 115 Å². The Balaban J connectivity index is 2.48. The fourth-order valence-corrected chi connectivity index (χ4v) is 2.04. The third kappa shape index (κ3) is 4.96. The molecule has 2 nitrogen and oxygen atoms in total. The van der Waals surface area contributed by atoms with Crippen LogP contribution in [0.3, 0.4) is 0 Å². The van der Waals surface area contributed by atoms with Gasteiger partial charge < -0.3 is 9.47 Å². The van der Waals surface area contributed by atoms with Crippen molar-refractivity contribution in [3.05, 3.63) is 28.8 Å². The van der Waals surface area contributed by atoms with Gasteiger partial charge in [-0.25, -0.2) is 8.78 Å². The van der Waals surface area contributed by atoms with Crippen LogP contribution in [0.1, 0.15) is 17.4 Å². The van der Waals surface area contributed by atoms with Crippen molar-refractivity contribution in [2.75, 3.05) is 20.3 Å². The highest BCUT2D eigenvalue weighted by Crippen LogP contribution is 2.32. The monoisotopic (exact) mass is 298 g/mol. The summed E-state index contributed by atoms with van der Waals surface area (Å²) in [7, 11) is 1.54. The average Bonchev–Trinajstić information content (AvgIpc) is 2.33. The summed E-state index contributed by atoms with van der Waals surface area (Å²) in [5.74, 6) is 0.640. The molecule has 0 saturated heterocycles. The Bertz CT molecular complexity index is 375. The summed E-state index contributed by atoms with van der Waals surface area (Å²) in [6.07, 6.45) is -2.04. The lowest BCUT2D eigenvalue weighted by atomic mass is 10.1. The Morgan fingerprint density at radius 1 is 1.33 bits per heavy atom. The van der Waals surface area contributed by atoms with E-state index in [0.717, 1.165) is 5.56 Å². The molecule has 102 valence electrons. The Morgan fingerprint density at radius 3 is 2.61 bits per heavy atom. The lowest BCUT2D eigenvalue weighted by Crippen LogP contribution is -2.07. The third-order valence-electron chi connectivity index (χ3n) is 2.30. The molecule has 0 aliphatic carbocycles. The molecular formula is C12H14Cl2F2O2. The number of benzene rings is 1. The van der Waals surface area contributed by atoms with E-state index in [2.05, 4.69) is 0 Å². The summed E-state index contributed by atoms with van der Waals surface area (Å²) in [5, 5.41) is 0.115. The van der Waals surface area contributed by atoms with Crippen LogP contribution in [0.25, 0.3) is 0 Å². The summed E-state index contributed by atoms with van der Waals surface area (Å²) in [6.45, 7) is -0.402. The molecule has 18 heavy (non-hydrogen) atoms. The second kappa shape index (κ2) is 7.77. The number of halogens is 4. The quantitative estimate of drug-likeness (QED) is 0.552. The summed E-state index contributed by atoms with van der Waals surface area (Å²) >= 11 is 12.2. The van der Waals surface area contributed by atoms with Crippen LogP contribution < -0.4 is 4.74 Å². The number of alkyl halides is 3. The van der Waals surface area contributed by atoms with Crippen LogP contribution >= 0.6 is 23.2 Å². The van der Waals surface area contributed by atoms with E-state index in [-0.39, 0.29) is 12.0 Å². The predicted molar refractivity (Wildman–Crippen MR) is 68.0 cm³/mol. The van der Waals surface area contributed by atoms with Gasteiger partial charge in [0.25, 0.3) is 6.43 Å². The first-order chi connectivity index (χ1) is 8.54. The normalized spacial score (nSPS) is 12.8. The van der Waals surface area contributed by atoms with Gasteiger partial charge in [0.1, 0.15) is 12.4 Å². The smallest absolute Gasteiger partial charge is 0.261 e. The fraction of sp³-hybridized carbons (Fsp3) is 0.500. The highest BCUT2D eigenvalue weighted by molar-refractivity contribution is 6.32. The van der Waals surface area contributed by atoms with Gasteiger partial charge in [0.2, 0.25) is 0 Å². The minimum atomic E-state index is -2.46. The molecule has 0 amide bonds. The van der Waals surface area contributed by atoms with Gasteiger partial charge in [0, 0.05) is 11.6 Å². The molecule has 0 aromatic heterocycles. The summed E-state index contributed by atoms with van der Waals surface area (Å²) in [5.41, 5.74) is 0.736. The van der Waals surface area contributed by atoms with Gasteiger partial charge in [-0.3, -0.25) is 0 Å². The van der Waals surface area contributed by atoms with E-state index >= 15 is 0 Å². The van der Waals surface area contributed by atoms with E-state index in [1.807, 2.05) is 0 Å². The van der Waals surface area contributed by atoms with Gasteiger partial charge in [0.05, 0.1) is 12.5 Å². The van der Waals surface area contributed by atoms with Crippen LogP contribution in [0, 0.1) is 0 Å². The van der Waals surface area contributed by atoms with Crippen molar-refractivity contribution in [1.29, 1.82) is 0 Å². The van der Waals surface area contributed by atoms with E-state index < -0.39 is 13.0 Å². The number of rotatable bonds is 7. The Kier molecular flexibility index (Phi) is 6.68. The van der Waals surface area contributed by atoms with E-state index in [1.165, 1.54) is 0 Å². The van der Waals surface area contributed by atoms with Crippen molar-refractivity contribution < 1.29 is 18.3 Å². The Hall–Kier alpha value is -0.580. The van der Waals surface area contributed by atoms with Crippen molar-refractivity contribution in [3.8, 4) is 5.75 Å². The SMILES string of the molecule is COc1ccc(C(Cl)CCOCC(F)F)c(Cl)c1. The average molecular weight is 299 g/mol. The van der Waals surface area contributed by atoms with Crippen molar-refractivity contribution in [2.24, 2.45) is 0 Å². The fourth-order valence-electron chi connectivity index (χ4n) is 1.40. The minimum absolute atomic E-state index is 0.168. The molecule has 1 atom stereocenters. The van der Waals surface area contributed by atoms with Crippen molar-refractivity contribution in [2.45, 2.75) is 18.2 Å². The van der Waals surface area contributed by atoms with Crippen molar-refractivity contribution in [1.82, 2.24) is 0 Å². The molecular weight excluding hydrogens is 285 g/mol. The lowest BCUT2D eigenvalue weighted by molar-refractivity contribution is 0.0165. The topological polar surface area (TPSA) is 18.5 Å². The molecule has 1 rings (SSSR count). The minimum Gasteiger partial charge on any atom is -0.497 e. The Morgan fingerprint density at radius 2 is 2.06 bits per heavy atom. The molecule has 0 aliphatic rings. The predicted octanol–water partition coefficient (Wildman–Crippen LogP) is 4.30. The molecule has 1 aromatic rings. The maximum atomic E-state index is 11.8. The first kappa shape index (κ1) is 15.5. The number of hydrogen-bond acceptors (Lipinski definition) is 2. The van der Waals surface area contributed by atoms with Gasteiger partial charge in [-0.1, -0.05) is 17.7 Å². The lowest BCUT2D eigenvalue weighted by Gasteiger charge is -2.12. The van der Waals surface area contributed by atoms with Gasteiger partial charge >= 0.3 is 0 Å². The zero-order chi connectivity index (χ0) is 13.5. The van der Waals surface area contributed by atoms with Crippen LogP contribution in [-0.2, 0) is 4.74 Å². The van der Waals surface area contributed by atoms with Gasteiger partial charge in [0.15, 0.2) is 0 Å². The largest absolute Gasteiger partial charge is 0.497 e. The van der Waals surface area contributed by atoms with E-state index in [4.69, 9.17) is 32.7 Å². The van der Waals surface area contributed by atoms with Crippen LogP contribution in [0.5, 0.6) is 5.75 Å². The van der Waals surface area contributed by atoms with Crippen LogP contribution in [0.2, 0.25) is 5.02 Å². The van der Waals surface area contributed by atoms with E-state index in [9.17, 15) is 8.78 Å². The van der Waals surface area contributed by atoms with Gasteiger partial charge in [-0.05, 0) is 24.1 Å².